The molecule has 2 fully saturated rings. The molecule has 1 aromatic carbocycles. The van der Waals surface area contributed by atoms with Gasteiger partial charge in [-0.05, 0) is 86.8 Å². The van der Waals surface area contributed by atoms with Crippen molar-refractivity contribution in [3.8, 4) is 11.5 Å². The molecule has 1 heterocycles. The Morgan fingerprint density at radius 2 is 1.97 bits per heavy atom. The van der Waals surface area contributed by atoms with Gasteiger partial charge in [0.15, 0.2) is 11.5 Å². The molecule has 0 saturated heterocycles. The maximum atomic E-state index is 12.9. The molecule has 2 bridgehead atoms. The van der Waals surface area contributed by atoms with Gasteiger partial charge in [-0.3, -0.25) is 9.78 Å². The highest BCUT2D eigenvalue weighted by Gasteiger charge is 2.42. The Balaban J connectivity index is 1.41. The van der Waals surface area contributed by atoms with Crippen LogP contribution in [-0.2, 0) is 6.61 Å². The van der Waals surface area contributed by atoms with Crippen LogP contribution >= 0.6 is 0 Å². The van der Waals surface area contributed by atoms with E-state index in [0.717, 1.165) is 17.4 Å². The lowest BCUT2D eigenvalue weighted by Gasteiger charge is -2.28. The number of amides is 1. The molecule has 1 N–H and O–H groups in total. The van der Waals surface area contributed by atoms with Crippen molar-refractivity contribution in [1.82, 2.24) is 10.3 Å². The van der Waals surface area contributed by atoms with E-state index in [2.05, 4.69) is 17.2 Å². The number of carbonyl (C=O) groups excluding carboxylic acids is 1. The quantitative estimate of drug-likeness (QED) is 0.710. The van der Waals surface area contributed by atoms with Crippen LogP contribution in [0.25, 0.3) is 0 Å². The number of ether oxygens (including phenoxy) is 2. The summed E-state index contributed by atoms with van der Waals surface area (Å²) in [4.78, 5) is 16.9. The molecule has 1 amide bonds. The summed E-state index contributed by atoms with van der Waals surface area (Å²) in [5.74, 6) is 3.49. The molecule has 154 valence electrons. The number of hydrogen-bond donors (Lipinski definition) is 1. The van der Waals surface area contributed by atoms with Crippen molar-refractivity contribution < 1.29 is 14.3 Å². The molecule has 2 aliphatic carbocycles. The van der Waals surface area contributed by atoms with E-state index in [1.165, 1.54) is 25.7 Å². The molecule has 2 aliphatic rings. The smallest absolute Gasteiger partial charge is 0.251 e. The summed E-state index contributed by atoms with van der Waals surface area (Å²) >= 11 is 0. The zero-order chi connectivity index (χ0) is 20.2. The van der Waals surface area contributed by atoms with Crippen LogP contribution in [0.3, 0.4) is 0 Å². The van der Waals surface area contributed by atoms with E-state index in [1.807, 2.05) is 31.2 Å². The lowest BCUT2D eigenvalue weighted by molar-refractivity contribution is 0.0914. The van der Waals surface area contributed by atoms with Crippen molar-refractivity contribution in [2.75, 3.05) is 6.61 Å². The number of pyridine rings is 1. The Labute approximate surface area is 172 Å². The fourth-order valence-electron chi connectivity index (χ4n) is 4.98. The van der Waals surface area contributed by atoms with Crippen molar-refractivity contribution in [2.45, 2.75) is 52.2 Å². The lowest BCUT2D eigenvalue weighted by atomic mass is 9.84. The summed E-state index contributed by atoms with van der Waals surface area (Å²) in [6.45, 7) is 5.02. The first-order valence-electron chi connectivity index (χ1n) is 10.7. The van der Waals surface area contributed by atoms with Crippen molar-refractivity contribution in [1.29, 1.82) is 0 Å². The van der Waals surface area contributed by atoms with Crippen LogP contribution in [0.2, 0.25) is 0 Å². The van der Waals surface area contributed by atoms with Gasteiger partial charge in [-0.15, -0.1) is 0 Å². The number of hydrogen-bond acceptors (Lipinski definition) is 4. The number of carbonyl (C=O) groups is 1. The SMILES string of the molecule is CCOc1cc(C(=O)NC(C)C2CC3CCC2C3)ccc1OCc1ccncc1. The highest BCUT2D eigenvalue weighted by atomic mass is 16.5. The zero-order valence-electron chi connectivity index (χ0n) is 17.3. The number of rotatable bonds is 8. The molecule has 0 radical (unpaired) electrons. The normalized spacial score (nSPS) is 23.6. The summed E-state index contributed by atoms with van der Waals surface area (Å²) in [5, 5.41) is 3.23. The average molecular weight is 395 g/mol. The molecular formula is C24H30N2O3. The number of nitrogens with zero attached hydrogens (tertiary/aromatic N) is 1. The monoisotopic (exact) mass is 394 g/mol. The molecule has 29 heavy (non-hydrogen) atoms. The predicted molar refractivity (Wildman–Crippen MR) is 112 cm³/mol. The van der Waals surface area contributed by atoms with Crippen molar-refractivity contribution in [3.05, 3.63) is 53.9 Å². The lowest BCUT2D eigenvalue weighted by Crippen LogP contribution is -2.40. The summed E-state index contributed by atoms with van der Waals surface area (Å²) in [6.07, 6.45) is 8.80. The van der Waals surface area contributed by atoms with Gasteiger partial charge in [0.25, 0.3) is 5.91 Å². The molecule has 5 heteroatoms. The zero-order valence-corrected chi connectivity index (χ0v) is 17.3. The van der Waals surface area contributed by atoms with Gasteiger partial charge >= 0.3 is 0 Å². The summed E-state index contributed by atoms with van der Waals surface area (Å²) in [6, 6.07) is 9.46. The minimum atomic E-state index is -0.0399. The first-order valence-corrected chi connectivity index (χ1v) is 10.7. The van der Waals surface area contributed by atoms with Gasteiger partial charge in [0.05, 0.1) is 6.61 Å². The van der Waals surface area contributed by atoms with E-state index in [9.17, 15) is 4.79 Å². The fraction of sp³-hybridized carbons (Fsp3) is 0.500. The summed E-state index contributed by atoms with van der Waals surface area (Å²) in [5.41, 5.74) is 1.64. The van der Waals surface area contributed by atoms with E-state index < -0.39 is 0 Å². The maximum absolute atomic E-state index is 12.9. The Morgan fingerprint density at radius 3 is 2.66 bits per heavy atom. The number of nitrogens with one attached hydrogen (secondary N) is 1. The molecule has 4 atom stereocenters. The Hall–Kier alpha value is -2.56. The molecule has 0 spiro atoms. The second-order valence-electron chi connectivity index (χ2n) is 8.34. The van der Waals surface area contributed by atoms with Crippen molar-refractivity contribution in [2.24, 2.45) is 17.8 Å². The topological polar surface area (TPSA) is 60.5 Å². The molecule has 5 nitrogen and oxygen atoms in total. The number of fused-ring (bicyclic) bond motifs is 2. The summed E-state index contributed by atoms with van der Waals surface area (Å²) in [7, 11) is 0. The van der Waals surface area contributed by atoms with E-state index in [-0.39, 0.29) is 11.9 Å². The van der Waals surface area contributed by atoms with Crippen LogP contribution in [0, 0.1) is 17.8 Å². The van der Waals surface area contributed by atoms with Gasteiger partial charge in [-0.1, -0.05) is 6.42 Å². The van der Waals surface area contributed by atoms with Crippen LogP contribution in [0.5, 0.6) is 11.5 Å². The first kappa shape index (κ1) is 19.7. The minimum Gasteiger partial charge on any atom is -0.490 e. The molecular weight excluding hydrogens is 364 g/mol. The number of benzene rings is 1. The van der Waals surface area contributed by atoms with E-state index in [1.54, 1.807) is 18.5 Å². The van der Waals surface area contributed by atoms with Gasteiger partial charge in [-0.25, -0.2) is 0 Å². The molecule has 4 rings (SSSR count). The first-order chi connectivity index (χ1) is 14.1. The standard InChI is InChI=1S/C24H30N2O3/c1-3-28-23-14-20(6-7-22(23)29-15-17-8-10-25-11-9-17)24(27)26-16(2)21-13-18-4-5-19(21)12-18/h6-11,14,16,18-19,21H,3-5,12-13,15H2,1-2H3,(H,26,27). The number of aromatic nitrogens is 1. The second kappa shape index (κ2) is 8.85. The molecule has 2 saturated carbocycles. The van der Waals surface area contributed by atoms with Crippen molar-refractivity contribution >= 4 is 5.91 Å². The Bertz CT molecular complexity index is 839. The maximum Gasteiger partial charge on any atom is 0.251 e. The van der Waals surface area contributed by atoms with Gasteiger partial charge in [0, 0.05) is 24.0 Å². The van der Waals surface area contributed by atoms with Gasteiger partial charge in [0.1, 0.15) is 6.61 Å². The van der Waals surface area contributed by atoms with Gasteiger partial charge in [-0.2, -0.15) is 0 Å². The van der Waals surface area contributed by atoms with Crippen LogP contribution in [0.1, 0.15) is 55.5 Å². The Morgan fingerprint density at radius 1 is 1.14 bits per heavy atom. The fourth-order valence-corrected chi connectivity index (χ4v) is 4.98. The van der Waals surface area contributed by atoms with E-state index in [0.29, 0.717) is 36.2 Å². The van der Waals surface area contributed by atoms with Crippen LogP contribution in [-0.4, -0.2) is 23.5 Å². The average Bonchev–Trinajstić information content (AvgIpc) is 3.37. The van der Waals surface area contributed by atoms with Crippen LogP contribution in [0.15, 0.2) is 42.7 Å². The highest BCUT2D eigenvalue weighted by Crippen LogP contribution is 2.49. The molecule has 2 aromatic rings. The van der Waals surface area contributed by atoms with Crippen LogP contribution < -0.4 is 14.8 Å². The van der Waals surface area contributed by atoms with Gasteiger partial charge in [0.2, 0.25) is 0 Å². The van der Waals surface area contributed by atoms with E-state index >= 15 is 0 Å². The Kier molecular flexibility index (Phi) is 6.02. The summed E-state index contributed by atoms with van der Waals surface area (Å²) < 4.78 is 11.7. The third-order valence-corrected chi connectivity index (χ3v) is 6.44. The highest BCUT2D eigenvalue weighted by molar-refractivity contribution is 5.95. The van der Waals surface area contributed by atoms with Crippen molar-refractivity contribution in [3.63, 3.8) is 0 Å². The third kappa shape index (κ3) is 4.55. The molecule has 0 aliphatic heterocycles. The van der Waals surface area contributed by atoms with E-state index in [4.69, 9.17) is 9.47 Å². The molecule has 4 unspecified atom stereocenters. The largest absolute Gasteiger partial charge is 0.490 e. The minimum absolute atomic E-state index is 0.0399. The van der Waals surface area contributed by atoms with Gasteiger partial charge < -0.3 is 14.8 Å². The second-order valence-corrected chi connectivity index (χ2v) is 8.34. The van der Waals surface area contributed by atoms with Crippen LogP contribution in [0.4, 0.5) is 0 Å². The predicted octanol–water partition coefficient (Wildman–Crippen LogP) is 4.61. The third-order valence-electron chi connectivity index (χ3n) is 6.44. The molecule has 1 aromatic heterocycles.